The molecule has 0 amide bonds. The number of fused-ring (bicyclic) bond motifs is 1. The third kappa shape index (κ3) is 4.91. The summed E-state index contributed by atoms with van der Waals surface area (Å²) in [6.07, 6.45) is 1.06. The summed E-state index contributed by atoms with van der Waals surface area (Å²) in [4.78, 5) is 0. The zero-order valence-electron chi connectivity index (χ0n) is 13.4. The molecule has 5 nitrogen and oxygen atoms in total. The van der Waals surface area contributed by atoms with Crippen molar-refractivity contribution in [2.75, 3.05) is 12.9 Å². The fourth-order valence-corrected chi connectivity index (χ4v) is 3.99. The van der Waals surface area contributed by atoms with Gasteiger partial charge < -0.3 is 9.29 Å². The molecule has 0 atom stereocenters. The number of thiazole rings is 1. The SMILES string of the molecule is COc1cc2sc(C)[n+](CCCCS(=O)(=O)[O-])c2cc1C.[Na+]. The van der Waals surface area contributed by atoms with Gasteiger partial charge in [-0.25, -0.2) is 8.42 Å². The predicted octanol–water partition coefficient (Wildman–Crippen LogP) is -0.856. The van der Waals surface area contributed by atoms with E-state index in [9.17, 15) is 13.0 Å². The Kier molecular flexibility index (Phi) is 7.29. The van der Waals surface area contributed by atoms with Crippen molar-refractivity contribution in [3.63, 3.8) is 0 Å². The molecule has 0 radical (unpaired) electrons. The Bertz CT molecular complexity index is 756. The number of hydrogen-bond acceptors (Lipinski definition) is 5. The minimum Gasteiger partial charge on any atom is -0.748 e. The molecule has 0 fully saturated rings. The van der Waals surface area contributed by atoms with Crippen molar-refractivity contribution in [3.05, 3.63) is 22.7 Å². The van der Waals surface area contributed by atoms with Crippen LogP contribution in [0.5, 0.6) is 5.75 Å². The topological polar surface area (TPSA) is 70.3 Å². The van der Waals surface area contributed by atoms with Crippen LogP contribution < -0.4 is 38.9 Å². The molecule has 0 saturated heterocycles. The Morgan fingerprint density at radius 2 is 1.95 bits per heavy atom. The Hall–Kier alpha value is -0.180. The maximum atomic E-state index is 10.6. The van der Waals surface area contributed by atoms with Crippen LogP contribution in [-0.4, -0.2) is 25.8 Å². The first-order valence-electron chi connectivity index (χ1n) is 6.73. The van der Waals surface area contributed by atoms with Gasteiger partial charge in [-0.1, -0.05) is 11.3 Å². The van der Waals surface area contributed by atoms with E-state index >= 15 is 0 Å². The number of nitrogens with zero attached hydrogens (tertiary/aromatic N) is 1. The summed E-state index contributed by atoms with van der Waals surface area (Å²) < 4.78 is 40.5. The van der Waals surface area contributed by atoms with Gasteiger partial charge in [0.25, 0.3) is 0 Å². The molecule has 1 aromatic carbocycles. The van der Waals surface area contributed by atoms with E-state index in [2.05, 4.69) is 10.6 Å². The molecule has 116 valence electrons. The van der Waals surface area contributed by atoms with E-state index in [1.54, 1.807) is 18.4 Å². The van der Waals surface area contributed by atoms with Crippen LogP contribution in [-0.2, 0) is 16.7 Å². The van der Waals surface area contributed by atoms with Crippen LogP contribution >= 0.6 is 11.3 Å². The van der Waals surface area contributed by atoms with Crippen LogP contribution in [0.4, 0.5) is 0 Å². The smallest absolute Gasteiger partial charge is 0.748 e. The Morgan fingerprint density at radius 1 is 1.27 bits per heavy atom. The minimum absolute atomic E-state index is 0. The van der Waals surface area contributed by atoms with Crippen LogP contribution in [0, 0.1) is 13.8 Å². The van der Waals surface area contributed by atoms with Gasteiger partial charge in [0.1, 0.15) is 17.0 Å². The van der Waals surface area contributed by atoms with Gasteiger partial charge in [-0.2, -0.15) is 4.57 Å². The summed E-state index contributed by atoms with van der Waals surface area (Å²) in [5, 5.41) is 1.16. The maximum Gasteiger partial charge on any atom is 1.00 e. The number of aryl methyl sites for hydroxylation is 3. The average molecular weight is 352 g/mol. The molecule has 22 heavy (non-hydrogen) atoms. The Morgan fingerprint density at radius 3 is 2.55 bits per heavy atom. The number of aromatic nitrogens is 1. The molecule has 0 aliphatic heterocycles. The van der Waals surface area contributed by atoms with E-state index in [1.165, 1.54) is 0 Å². The van der Waals surface area contributed by atoms with Gasteiger partial charge in [0.2, 0.25) is 10.5 Å². The van der Waals surface area contributed by atoms with Crippen molar-refractivity contribution >= 4 is 31.7 Å². The second-order valence-corrected chi connectivity index (χ2v) is 7.79. The summed E-state index contributed by atoms with van der Waals surface area (Å²) in [5.74, 6) is 0.579. The second kappa shape index (κ2) is 8.08. The normalized spacial score (nSPS) is 11.5. The van der Waals surface area contributed by atoms with Gasteiger partial charge >= 0.3 is 29.6 Å². The molecule has 0 aliphatic carbocycles. The first kappa shape index (κ1) is 19.9. The van der Waals surface area contributed by atoms with E-state index in [1.807, 2.05) is 19.9 Å². The molecule has 1 aromatic heterocycles. The van der Waals surface area contributed by atoms with Crippen LogP contribution in [0.1, 0.15) is 23.4 Å². The number of rotatable bonds is 6. The van der Waals surface area contributed by atoms with Gasteiger partial charge in [0.15, 0.2) is 0 Å². The van der Waals surface area contributed by atoms with Crippen molar-refractivity contribution in [3.8, 4) is 5.75 Å². The number of hydrogen-bond donors (Lipinski definition) is 0. The monoisotopic (exact) mass is 352 g/mol. The molecular weight excluding hydrogens is 333 g/mol. The molecule has 0 saturated carbocycles. The van der Waals surface area contributed by atoms with Crippen molar-refractivity contribution in [1.29, 1.82) is 0 Å². The van der Waals surface area contributed by atoms with Crippen LogP contribution in [0.2, 0.25) is 0 Å². The van der Waals surface area contributed by atoms with Crippen LogP contribution in [0.3, 0.4) is 0 Å². The minimum atomic E-state index is -4.11. The zero-order valence-corrected chi connectivity index (χ0v) is 17.0. The van der Waals surface area contributed by atoms with E-state index in [0.717, 1.165) is 26.5 Å². The van der Waals surface area contributed by atoms with Gasteiger partial charge in [0.05, 0.1) is 17.2 Å². The molecule has 0 aliphatic rings. The largest absolute Gasteiger partial charge is 1.00 e. The van der Waals surface area contributed by atoms with Crippen molar-refractivity contribution in [2.45, 2.75) is 33.2 Å². The molecule has 0 unspecified atom stereocenters. The quantitative estimate of drug-likeness (QED) is 0.294. The van der Waals surface area contributed by atoms with E-state index in [4.69, 9.17) is 4.74 Å². The van der Waals surface area contributed by atoms with Gasteiger partial charge in [-0.05, 0) is 18.9 Å². The summed E-state index contributed by atoms with van der Waals surface area (Å²) >= 11 is 1.68. The molecule has 8 heteroatoms. The van der Waals surface area contributed by atoms with Crippen molar-refractivity contribution in [2.24, 2.45) is 0 Å². The van der Waals surface area contributed by atoms with Gasteiger partial charge in [-0.3, -0.25) is 0 Å². The number of methoxy groups -OCH3 is 1. The average Bonchev–Trinajstić information content (AvgIpc) is 2.68. The number of benzene rings is 1. The van der Waals surface area contributed by atoms with Crippen molar-refractivity contribution in [1.82, 2.24) is 0 Å². The Labute approximate surface area is 157 Å². The molecule has 0 N–H and O–H groups in total. The van der Waals surface area contributed by atoms with Crippen LogP contribution in [0.25, 0.3) is 10.2 Å². The first-order chi connectivity index (χ1) is 9.81. The fourth-order valence-electron chi connectivity index (χ4n) is 2.38. The molecule has 1 heterocycles. The third-order valence-electron chi connectivity index (χ3n) is 3.43. The molecule has 0 spiro atoms. The summed E-state index contributed by atoms with van der Waals surface area (Å²) in [6, 6.07) is 4.11. The maximum absolute atomic E-state index is 10.6. The number of ether oxygens (including phenoxy) is 1. The summed E-state index contributed by atoms with van der Waals surface area (Å²) in [6.45, 7) is 4.75. The van der Waals surface area contributed by atoms with E-state index < -0.39 is 10.1 Å². The van der Waals surface area contributed by atoms with Gasteiger partial charge in [0, 0.05) is 31.2 Å². The second-order valence-electron chi connectivity index (χ2n) is 5.03. The fraction of sp³-hybridized carbons (Fsp3) is 0.500. The van der Waals surface area contributed by atoms with Crippen LogP contribution in [0.15, 0.2) is 12.1 Å². The standard InChI is InChI=1S/C14H19NO4S2.Na/c1-10-8-12-14(9-13(10)19-3)20-11(2)15(12)6-4-5-7-21(16,17)18;/h8-9H,4-7H2,1-3H3;/q;+1. The van der Waals surface area contributed by atoms with Crippen molar-refractivity contribution < 1.29 is 51.8 Å². The first-order valence-corrected chi connectivity index (χ1v) is 9.12. The molecular formula is C14H19NNaO4S2+. The number of unbranched alkanes of at least 4 members (excludes halogenated alkanes) is 1. The van der Waals surface area contributed by atoms with Gasteiger partial charge in [-0.15, -0.1) is 0 Å². The summed E-state index contributed by atoms with van der Waals surface area (Å²) in [7, 11) is -2.45. The van der Waals surface area contributed by atoms with E-state index in [-0.39, 0.29) is 35.3 Å². The zero-order chi connectivity index (χ0) is 15.6. The van der Waals surface area contributed by atoms with E-state index in [0.29, 0.717) is 19.4 Å². The molecule has 2 rings (SSSR count). The predicted molar refractivity (Wildman–Crippen MR) is 81.8 cm³/mol. The third-order valence-corrected chi connectivity index (χ3v) is 5.28. The summed E-state index contributed by atoms with van der Waals surface area (Å²) in [5.41, 5.74) is 2.19. The Balaban J connectivity index is 0.00000242. The molecule has 0 bridgehead atoms. The molecule has 2 aromatic rings.